The molecule has 2 saturated heterocycles. The second-order valence-electron chi connectivity index (χ2n) is 9.26. The molecule has 1 aromatic carbocycles. The van der Waals surface area contributed by atoms with Crippen molar-refractivity contribution < 1.29 is 23.9 Å². The number of carbonyl (C=O) groups excluding carboxylic acids is 3. The highest BCUT2D eigenvalue weighted by atomic mass is 16.5. The average Bonchev–Trinajstić information content (AvgIpc) is 3.42. The third-order valence-electron chi connectivity index (χ3n) is 7.23. The first-order valence-electron chi connectivity index (χ1n) is 12.2. The van der Waals surface area contributed by atoms with Crippen LogP contribution in [0.15, 0.2) is 24.3 Å². The summed E-state index contributed by atoms with van der Waals surface area (Å²) in [5.74, 6) is 0.669. The van der Waals surface area contributed by atoms with Crippen LogP contribution < -0.4 is 10.1 Å². The second kappa shape index (κ2) is 11.0. The van der Waals surface area contributed by atoms with Crippen LogP contribution in [0.5, 0.6) is 5.75 Å². The Bertz CT molecular complexity index is 840. The monoisotopic (exact) mass is 457 g/mol. The Kier molecular flexibility index (Phi) is 7.85. The molecule has 0 aromatic heterocycles. The van der Waals surface area contributed by atoms with Gasteiger partial charge in [-0.1, -0.05) is 18.9 Å². The number of likely N-dealkylation sites (tertiary alicyclic amines) is 1. The van der Waals surface area contributed by atoms with Crippen molar-refractivity contribution in [3.05, 3.63) is 29.8 Å². The molecule has 1 unspecified atom stereocenters. The molecule has 0 bridgehead atoms. The lowest BCUT2D eigenvalue weighted by molar-refractivity contribution is -0.140. The number of morpholine rings is 1. The predicted molar refractivity (Wildman–Crippen MR) is 123 cm³/mol. The average molecular weight is 458 g/mol. The minimum Gasteiger partial charge on any atom is -0.497 e. The second-order valence-corrected chi connectivity index (χ2v) is 9.26. The molecule has 1 atom stereocenters. The molecule has 2 aliphatic heterocycles. The molecule has 8 nitrogen and oxygen atoms in total. The van der Waals surface area contributed by atoms with Gasteiger partial charge >= 0.3 is 0 Å². The Balaban J connectivity index is 1.45. The van der Waals surface area contributed by atoms with Gasteiger partial charge in [0.25, 0.3) is 5.91 Å². The van der Waals surface area contributed by atoms with E-state index in [1.165, 1.54) is 0 Å². The van der Waals surface area contributed by atoms with Gasteiger partial charge < -0.3 is 24.6 Å². The topological polar surface area (TPSA) is 88.2 Å². The zero-order valence-corrected chi connectivity index (χ0v) is 19.5. The van der Waals surface area contributed by atoms with E-state index < -0.39 is 6.04 Å². The third-order valence-corrected chi connectivity index (χ3v) is 7.23. The fraction of sp³-hybridized carbons (Fsp3) is 0.640. The van der Waals surface area contributed by atoms with Crippen LogP contribution in [0.2, 0.25) is 0 Å². The zero-order chi connectivity index (χ0) is 23.2. The molecular formula is C25H35N3O5. The van der Waals surface area contributed by atoms with Crippen LogP contribution in [-0.4, -0.2) is 80.1 Å². The van der Waals surface area contributed by atoms with Gasteiger partial charge in [0.2, 0.25) is 11.8 Å². The van der Waals surface area contributed by atoms with Crippen LogP contribution >= 0.6 is 0 Å². The van der Waals surface area contributed by atoms with Gasteiger partial charge in [-0.05, 0) is 49.8 Å². The fourth-order valence-corrected chi connectivity index (χ4v) is 5.23. The molecule has 1 N–H and O–H groups in total. The molecule has 8 heteroatoms. The molecule has 0 radical (unpaired) electrons. The van der Waals surface area contributed by atoms with Gasteiger partial charge in [-0.25, -0.2) is 0 Å². The summed E-state index contributed by atoms with van der Waals surface area (Å²) in [6.07, 6.45) is 5.68. The predicted octanol–water partition coefficient (Wildman–Crippen LogP) is 2.08. The van der Waals surface area contributed by atoms with Crippen molar-refractivity contribution in [2.45, 2.75) is 44.6 Å². The summed E-state index contributed by atoms with van der Waals surface area (Å²) in [7, 11) is 1.56. The molecule has 1 aliphatic carbocycles. The maximum absolute atomic E-state index is 13.5. The Hall–Kier alpha value is -2.61. The molecule has 3 fully saturated rings. The first-order chi connectivity index (χ1) is 16.1. The number of ether oxygens (including phenoxy) is 2. The van der Waals surface area contributed by atoms with Crippen LogP contribution in [0.3, 0.4) is 0 Å². The highest BCUT2D eigenvalue weighted by molar-refractivity contribution is 5.98. The standard InChI is InChI=1S/C25H35N3O5/c1-32-21-8-4-7-20(17-21)23(29)26-22(25(31)28-13-15-33-16-14-28)18-9-11-27(12-10-18)24(30)19-5-2-3-6-19/h4,7-8,17-19,22H,2-3,5-6,9-16H2,1H3,(H,26,29). The van der Waals surface area contributed by atoms with Crippen molar-refractivity contribution in [3.63, 3.8) is 0 Å². The Morgan fingerprint density at radius 2 is 1.70 bits per heavy atom. The van der Waals surface area contributed by atoms with E-state index in [1.54, 1.807) is 36.3 Å². The number of nitrogens with one attached hydrogen (secondary N) is 1. The van der Waals surface area contributed by atoms with Crippen molar-refractivity contribution in [1.82, 2.24) is 15.1 Å². The van der Waals surface area contributed by atoms with Gasteiger partial charge in [0, 0.05) is 37.7 Å². The molecule has 3 amide bonds. The number of nitrogens with zero attached hydrogens (tertiary/aromatic N) is 2. The van der Waals surface area contributed by atoms with Crippen molar-refractivity contribution in [3.8, 4) is 5.75 Å². The van der Waals surface area contributed by atoms with Gasteiger partial charge in [-0.2, -0.15) is 0 Å². The number of piperidine rings is 1. The Labute approximate surface area is 195 Å². The highest BCUT2D eigenvalue weighted by Gasteiger charge is 2.37. The summed E-state index contributed by atoms with van der Waals surface area (Å²) in [4.78, 5) is 43.1. The van der Waals surface area contributed by atoms with E-state index in [1.807, 2.05) is 4.90 Å². The lowest BCUT2D eigenvalue weighted by Gasteiger charge is -2.39. The number of methoxy groups -OCH3 is 1. The van der Waals surface area contributed by atoms with E-state index in [4.69, 9.17) is 9.47 Å². The number of rotatable bonds is 6. The lowest BCUT2D eigenvalue weighted by Crippen LogP contribution is -2.56. The molecular weight excluding hydrogens is 422 g/mol. The van der Waals surface area contributed by atoms with E-state index >= 15 is 0 Å². The molecule has 2 heterocycles. The van der Waals surface area contributed by atoms with Gasteiger partial charge in [-0.15, -0.1) is 0 Å². The van der Waals surface area contributed by atoms with Crippen LogP contribution in [-0.2, 0) is 14.3 Å². The molecule has 0 spiro atoms. The normalized spacial score (nSPS) is 21.0. The Morgan fingerprint density at radius 3 is 2.36 bits per heavy atom. The van der Waals surface area contributed by atoms with Gasteiger partial charge in [0.1, 0.15) is 11.8 Å². The molecule has 33 heavy (non-hydrogen) atoms. The van der Waals surface area contributed by atoms with E-state index in [2.05, 4.69) is 5.32 Å². The van der Waals surface area contributed by atoms with Crippen molar-refractivity contribution >= 4 is 17.7 Å². The van der Waals surface area contributed by atoms with Crippen LogP contribution in [0, 0.1) is 11.8 Å². The maximum atomic E-state index is 13.5. The summed E-state index contributed by atoms with van der Waals surface area (Å²) in [5, 5.41) is 3.02. The number of hydrogen-bond donors (Lipinski definition) is 1. The number of amides is 3. The smallest absolute Gasteiger partial charge is 0.252 e. The molecule has 4 rings (SSSR count). The van der Waals surface area contributed by atoms with Crippen LogP contribution in [0.25, 0.3) is 0 Å². The summed E-state index contributed by atoms with van der Waals surface area (Å²) in [5.41, 5.74) is 0.461. The minimum absolute atomic E-state index is 0.0115. The number of carbonyl (C=O) groups is 3. The van der Waals surface area contributed by atoms with Crippen LogP contribution in [0.1, 0.15) is 48.9 Å². The van der Waals surface area contributed by atoms with E-state index in [-0.39, 0.29) is 29.6 Å². The molecule has 1 aromatic rings. The Morgan fingerprint density at radius 1 is 1.00 bits per heavy atom. The van der Waals surface area contributed by atoms with E-state index in [0.717, 1.165) is 25.7 Å². The molecule has 1 saturated carbocycles. The molecule has 3 aliphatic rings. The van der Waals surface area contributed by atoms with Gasteiger partial charge in [-0.3, -0.25) is 14.4 Å². The first kappa shape index (κ1) is 23.5. The summed E-state index contributed by atoms with van der Waals surface area (Å²) >= 11 is 0. The fourth-order valence-electron chi connectivity index (χ4n) is 5.23. The van der Waals surface area contributed by atoms with Gasteiger partial charge in [0.05, 0.1) is 20.3 Å². The van der Waals surface area contributed by atoms with Crippen molar-refractivity contribution in [2.75, 3.05) is 46.5 Å². The lowest BCUT2D eigenvalue weighted by atomic mass is 9.87. The van der Waals surface area contributed by atoms with Gasteiger partial charge in [0.15, 0.2) is 0 Å². The van der Waals surface area contributed by atoms with E-state index in [0.29, 0.717) is 63.5 Å². The quantitative estimate of drug-likeness (QED) is 0.707. The zero-order valence-electron chi connectivity index (χ0n) is 19.5. The first-order valence-corrected chi connectivity index (χ1v) is 12.2. The summed E-state index contributed by atoms with van der Waals surface area (Å²) in [6.45, 7) is 3.36. The van der Waals surface area contributed by atoms with Crippen LogP contribution in [0.4, 0.5) is 0 Å². The summed E-state index contributed by atoms with van der Waals surface area (Å²) in [6, 6.07) is 6.32. The molecule has 180 valence electrons. The largest absolute Gasteiger partial charge is 0.497 e. The minimum atomic E-state index is -0.620. The third kappa shape index (κ3) is 5.66. The highest BCUT2D eigenvalue weighted by Crippen LogP contribution is 2.30. The summed E-state index contributed by atoms with van der Waals surface area (Å²) < 4.78 is 10.6. The number of benzene rings is 1. The van der Waals surface area contributed by atoms with E-state index in [9.17, 15) is 14.4 Å². The van der Waals surface area contributed by atoms with Crippen molar-refractivity contribution in [2.24, 2.45) is 11.8 Å². The maximum Gasteiger partial charge on any atom is 0.252 e. The number of hydrogen-bond acceptors (Lipinski definition) is 5. The SMILES string of the molecule is COc1cccc(C(=O)NC(C(=O)N2CCOCC2)C2CCN(C(=O)C3CCCC3)CC2)c1. The van der Waals surface area contributed by atoms with Crippen molar-refractivity contribution in [1.29, 1.82) is 0 Å².